The molecule has 0 aliphatic rings. The van der Waals surface area contributed by atoms with Crippen molar-refractivity contribution in [2.75, 3.05) is 6.61 Å². The van der Waals surface area contributed by atoms with E-state index in [1.165, 1.54) is 18.2 Å². The van der Waals surface area contributed by atoms with Crippen LogP contribution in [0.1, 0.15) is 38.3 Å². The first-order chi connectivity index (χ1) is 14.0. The van der Waals surface area contributed by atoms with Crippen molar-refractivity contribution in [2.45, 2.75) is 39.8 Å². The van der Waals surface area contributed by atoms with E-state index in [2.05, 4.69) is 5.32 Å². The van der Waals surface area contributed by atoms with Gasteiger partial charge in [0.05, 0.1) is 6.61 Å². The van der Waals surface area contributed by atoms with Crippen molar-refractivity contribution in [3.8, 4) is 17.6 Å². The molecule has 2 rings (SSSR count). The highest BCUT2D eigenvalue weighted by atomic mass is 19.1. The van der Waals surface area contributed by atoms with Gasteiger partial charge in [-0.1, -0.05) is 25.1 Å². The van der Waals surface area contributed by atoms with Crippen LogP contribution in [0.15, 0.2) is 48.0 Å². The zero-order valence-corrected chi connectivity index (χ0v) is 16.9. The van der Waals surface area contributed by atoms with Crippen LogP contribution in [0.4, 0.5) is 4.39 Å². The first-order valence-corrected chi connectivity index (χ1v) is 9.53. The molecular formula is C23H25FN2O3. The summed E-state index contributed by atoms with van der Waals surface area (Å²) in [5, 5.41) is 12.1. The second kappa shape index (κ2) is 10.9. The smallest absolute Gasteiger partial charge is 0.262 e. The van der Waals surface area contributed by atoms with Gasteiger partial charge in [-0.2, -0.15) is 5.26 Å². The Bertz CT molecular complexity index is 901. The van der Waals surface area contributed by atoms with Crippen LogP contribution < -0.4 is 14.8 Å². The number of halogens is 1. The Hall–Kier alpha value is -3.33. The average Bonchev–Trinajstić information content (AvgIpc) is 2.72. The Morgan fingerprint density at radius 2 is 1.90 bits per heavy atom. The van der Waals surface area contributed by atoms with Crippen molar-refractivity contribution < 1.29 is 18.7 Å². The Kier molecular flexibility index (Phi) is 8.23. The largest absolute Gasteiger partial charge is 0.490 e. The maximum absolute atomic E-state index is 13.0. The molecule has 6 heteroatoms. The minimum absolute atomic E-state index is 0.0135. The third-order valence-electron chi connectivity index (χ3n) is 4.24. The maximum Gasteiger partial charge on any atom is 0.262 e. The molecule has 29 heavy (non-hydrogen) atoms. The number of carbonyl (C=O) groups excluding carboxylic acids is 1. The molecule has 0 saturated carbocycles. The summed E-state index contributed by atoms with van der Waals surface area (Å²) >= 11 is 0. The lowest BCUT2D eigenvalue weighted by molar-refractivity contribution is -0.117. The standard InChI is InChI=1S/C23H25FN2O3/c1-4-16(3)26-23(27)19(14-25)12-18-8-11-21(22(13-18)28-5-2)29-15-17-6-9-20(24)10-7-17/h6-13,16H,4-5,15H2,1-3H3,(H,26,27)/b19-12+/t16-/m1/s1. The van der Waals surface area contributed by atoms with E-state index in [9.17, 15) is 14.4 Å². The van der Waals surface area contributed by atoms with Gasteiger partial charge in [-0.3, -0.25) is 4.79 Å². The van der Waals surface area contributed by atoms with Crippen LogP contribution in [0.2, 0.25) is 0 Å². The minimum Gasteiger partial charge on any atom is -0.490 e. The lowest BCUT2D eigenvalue weighted by Crippen LogP contribution is -2.32. The summed E-state index contributed by atoms with van der Waals surface area (Å²) in [4.78, 5) is 12.2. The van der Waals surface area contributed by atoms with E-state index < -0.39 is 5.91 Å². The van der Waals surface area contributed by atoms with E-state index >= 15 is 0 Å². The fraction of sp³-hybridized carbons (Fsp3) is 0.304. The molecule has 0 fully saturated rings. The zero-order valence-electron chi connectivity index (χ0n) is 16.9. The summed E-state index contributed by atoms with van der Waals surface area (Å²) in [5.41, 5.74) is 1.50. The lowest BCUT2D eigenvalue weighted by atomic mass is 10.1. The third kappa shape index (κ3) is 6.65. The van der Waals surface area contributed by atoms with E-state index in [1.54, 1.807) is 30.3 Å². The number of nitrogens with zero attached hydrogens (tertiary/aromatic N) is 1. The second-order valence-corrected chi connectivity index (χ2v) is 6.51. The first-order valence-electron chi connectivity index (χ1n) is 9.53. The van der Waals surface area contributed by atoms with Gasteiger partial charge in [-0.25, -0.2) is 4.39 Å². The fourth-order valence-corrected chi connectivity index (χ4v) is 2.46. The predicted molar refractivity (Wildman–Crippen MR) is 110 cm³/mol. The number of rotatable bonds is 9. The molecule has 0 radical (unpaired) electrons. The molecule has 0 aliphatic heterocycles. The van der Waals surface area contributed by atoms with Gasteiger partial charge in [0.15, 0.2) is 11.5 Å². The first kappa shape index (κ1) is 22.0. The van der Waals surface area contributed by atoms with Crippen molar-refractivity contribution in [3.05, 3.63) is 65.0 Å². The summed E-state index contributed by atoms with van der Waals surface area (Å²) in [6.45, 7) is 6.38. The Morgan fingerprint density at radius 1 is 1.17 bits per heavy atom. The van der Waals surface area contributed by atoms with Crippen LogP contribution in [0, 0.1) is 17.1 Å². The molecule has 2 aromatic carbocycles. The van der Waals surface area contributed by atoms with Crippen LogP contribution >= 0.6 is 0 Å². The van der Waals surface area contributed by atoms with Crippen LogP contribution in [-0.2, 0) is 11.4 Å². The van der Waals surface area contributed by atoms with Gasteiger partial charge in [0.25, 0.3) is 5.91 Å². The van der Waals surface area contributed by atoms with Gasteiger partial charge in [0.2, 0.25) is 0 Å². The van der Waals surface area contributed by atoms with Crippen LogP contribution in [0.3, 0.4) is 0 Å². The molecule has 0 spiro atoms. The van der Waals surface area contributed by atoms with Crippen molar-refractivity contribution in [1.82, 2.24) is 5.32 Å². The van der Waals surface area contributed by atoms with E-state index in [-0.39, 0.29) is 24.0 Å². The van der Waals surface area contributed by atoms with Gasteiger partial charge in [0.1, 0.15) is 24.1 Å². The molecule has 5 nitrogen and oxygen atoms in total. The van der Waals surface area contributed by atoms with E-state index in [4.69, 9.17) is 9.47 Å². The monoisotopic (exact) mass is 396 g/mol. The molecular weight excluding hydrogens is 371 g/mol. The molecule has 0 bridgehead atoms. The number of hydrogen-bond donors (Lipinski definition) is 1. The number of hydrogen-bond acceptors (Lipinski definition) is 4. The maximum atomic E-state index is 13.0. The number of amides is 1. The second-order valence-electron chi connectivity index (χ2n) is 6.51. The molecule has 152 valence electrons. The zero-order chi connectivity index (χ0) is 21.2. The number of benzene rings is 2. The Labute approximate surface area is 170 Å². The average molecular weight is 396 g/mol. The number of nitriles is 1. The minimum atomic E-state index is -0.406. The molecule has 2 aromatic rings. The van der Waals surface area contributed by atoms with E-state index in [1.807, 2.05) is 26.8 Å². The highest BCUT2D eigenvalue weighted by Gasteiger charge is 2.13. The Balaban J connectivity index is 2.19. The van der Waals surface area contributed by atoms with Crippen molar-refractivity contribution >= 4 is 12.0 Å². The Morgan fingerprint density at radius 3 is 2.52 bits per heavy atom. The van der Waals surface area contributed by atoms with Crippen LogP contribution in [0.25, 0.3) is 6.08 Å². The lowest BCUT2D eigenvalue weighted by Gasteiger charge is -2.13. The number of nitrogens with one attached hydrogen (secondary N) is 1. The summed E-state index contributed by atoms with van der Waals surface area (Å²) in [6, 6.07) is 13.2. The topological polar surface area (TPSA) is 71.3 Å². The summed E-state index contributed by atoms with van der Waals surface area (Å²) in [5.74, 6) is 0.320. The molecule has 1 N–H and O–H groups in total. The van der Waals surface area contributed by atoms with Gasteiger partial charge < -0.3 is 14.8 Å². The summed E-state index contributed by atoms with van der Waals surface area (Å²) in [6.07, 6.45) is 2.29. The fourth-order valence-electron chi connectivity index (χ4n) is 2.46. The number of carbonyl (C=O) groups is 1. The van der Waals surface area contributed by atoms with Crippen LogP contribution in [-0.4, -0.2) is 18.6 Å². The summed E-state index contributed by atoms with van der Waals surface area (Å²) in [7, 11) is 0. The van der Waals surface area contributed by atoms with Gasteiger partial charge >= 0.3 is 0 Å². The normalized spacial score (nSPS) is 12.0. The SMILES string of the molecule is CCOc1cc(/C=C(\C#N)C(=O)N[C@H](C)CC)ccc1OCc1ccc(F)cc1. The van der Waals surface area contributed by atoms with E-state index in [0.717, 1.165) is 12.0 Å². The molecule has 0 saturated heterocycles. The highest BCUT2D eigenvalue weighted by molar-refractivity contribution is 6.01. The summed E-state index contributed by atoms with van der Waals surface area (Å²) < 4.78 is 24.5. The van der Waals surface area contributed by atoms with Crippen molar-refractivity contribution in [1.29, 1.82) is 5.26 Å². The van der Waals surface area contributed by atoms with Gasteiger partial charge in [-0.15, -0.1) is 0 Å². The molecule has 1 atom stereocenters. The highest BCUT2D eigenvalue weighted by Crippen LogP contribution is 2.30. The quantitative estimate of drug-likeness (QED) is 0.496. The van der Waals surface area contributed by atoms with E-state index in [0.29, 0.717) is 23.7 Å². The van der Waals surface area contributed by atoms with Gasteiger partial charge in [-0.05, 0) is 61.7 Å². The molecule has 0 unspecified atom stereocenters. The molecule has 1 amide bonds. The predicted octanol–water partition coefficient (Wildman–Crippen LogP) is 4.63. The van der Waals surface area contributed by atoms with Crippen molar-refractivity contribution in [2.24, 2.45) is 0 Å². The number of ether oxygens (including phenoxy) is 2. The molecule has 0 aliphatic carbocycles. The molecule has 0 aromatic heterocycles. The van der Waals surface area contributed by atoms with Crippen LogP contribution in [0.5, 0.6) is 11.5 Å². The third-order valence-corrected chi connectivity index (χ3v) is 4.24. The molecule has 0 heterocycles. The van der Waals surface area contributed by atoms with Crippen molar-refractivity contribution in [3.63, 3.8) is 0 Å². The van der Waals surface area contributed by atoms with Gasteiger partial charge in [0, 0.05) is 6.04 Å².